The molecule has 2 aliphatic rings. The first kappa shape index (κ1) is 23.3. The summed E-state index contributed by atoms with van der Waals surface area (Å²) >= 11 is 1.35. The summed E-state index contributed by atoms with van der Waals surface area (Å²) < 4.78 is 11.1. The number of anilines is 1. The zero-order valence-corrected chi connectivity index (χ0v) is 20.0. The summed E-state index contributed by atoms with van der Waals surface area (Å²) in [5.41, 5.74) is 3.62. The lowest BCUT2D eigenvalue weighted by atomic mass is 10.1. The van der Waals surface area contributed by atoms with Crippen molar-refractivity contribution in [3.05, 3.63) is 53.6 Å². The molecule has 4 rings (SSSR count). The number of thioether (sulfide) groups is 1. The summed E-state index contributed by atoms with van der Waals surface area (Å²) in [6, 6.07) is 13.3. The molecule has 0 bridgehead atoms. The first-order valence-corrected chi connectivity index (χ1v) is 12.0. The molecule has 174 valence electrons. The SMILES string of the molecule is COc1ccccc1NC(=O)CC1SC(=Nc2ccc(C)cc2C)N(CC2CCCO2)C1=O. The van der Waals surface area contributed by atoms with Crippen molar-refractivity contribution in [3.8, 4) is 5.75 Å². The number of amidine groups is 1. The molecule has 0 saturated carbocycles. The molecule has 7 nitrogen and oxygen atoms in total. The third kappa shape index (κ3) is 5.57. The standard InChI is InChI=1S/C25H29N3O4S/c1-16-10-11-19(17(2)13-16)27-25-28(15-18-7-6-12-32-18)24(30)22(33-25)14-23(29)26-20-8-4-5-9-21(20)31-3/h4-5,8-11,13,18,22H,6-7,12,14-15H2,1-3H3,(H,26,29). The van der Waals surface area contributed by atoms with Crippen molar-refractivity contribution in [2.24, 2.45) is 4.99 Å². The van der Waals surface area contributed by atoms with Gasteiger partial charge in [0.2, 0.25) is 11.8 Å². The minimum Gasteiger partial charge on any atom is -0.495 e. The van der Waals surface area contributed by atoms with Crippen LogP contribution in [0.25, 0.3) is 0 Å². The second kappa shape index (κ2) is 10.4. The van der Waals surface area contributed by atoms with Crippen molar-refractivity contribution >= 4 is 40.1 Å². The van der Waals surface area contributed by atoms with Crippen molar-refractivity contribution in [3.63, 3.8) is 0 Å². The average molecular weight is 468 g/mol. The van der Waals surface area contributed by atoms with Gasteiger partial charge < -0.3 is 14.8 Å². The Kier molecular flexibility index (Phi) is 7.35. The summed E-state index contributed by atoms with van der Waals surface area (Å²) in [6.07, 6.45) is 1.97. The Hall–Kier alpha value is -2.84. The number of carbonyl (C=O) groups is 2. The molecule has 0 aromatic heterocycles. The maximum atomic E-state index is 13.3. The van der Waals surface area contributed by atoms with Crippen LogP contribution in [0.4, 0.5) is 11.4 Å². The van der Waals surface area contributed by atoms with E-state index in [4.69, 9.17) is 14.5 Å². The van der Waals surface area contributed by atoms with E-state index in [0.29, 0.717) is 29.8 Å². The Morgan fingerprint density at radius 2 is 2.09 bits per heavy atom. The smallest absolute Gasteiger partial charge is 0.242 e. The van der Waals surface area contributed by atoms with Gasteiger partial charge in [-0.05, 0) is 50.5 Å². The van der Waals surface area contributed by atoms with E-state index in [1.807, 2.05) is 38.1 Å². The Labute approximate surface area is 198 Å². The lowest BCUT2D eigenvalue weighted by Gasteiger charge is -2.20. The highest BCUT2D eigenvalue weighted by Gasteiger charge is 2.40. The quantitative estimate of drug-likeness (QED) is 0.651. The number of para-hydroxylation sites is 2. The fraction of sp³-hybridized carbons (Fsp3) is 0.400. The van der Waals surface area contributed by atoms with Crippen LogP contribution in [-0.4, -0.2) is 53.5 Å². The molecule has 33 heavy (non-hydrogen) atoms. The van der Waals surface area contributed by atoms with Gasteiger partial charge in [0, 0.05) is 13.0 Å². The molecule has 2 atom stereocenters. The molecule has 2 saturated heterocycles. The number of rotatable bonds is 7. The van der Waals surface area contributed by atoms with E-state index < -0.39 is 5.25 Å². The number of carbonyl (C=O) groups excluding carboxylic acids is 2. The Balaban J connectivity index is 1.53. The van der Waals surface area contributed by atoms with Crippen LogP contribution in [0.3, 0.4) is 0 Å². The Morgan fingerprint density at radius 3 is 2.82 bits per heavy atom. The van der Waals surface area contributed by atoms with E-state index in [0.717, 1.165) is 29.7 Å². The fourth-order valence-electron chi connectivity index (χ4n) is 4.04. The van der Waals surface area contributed by atoms with E-state index in [1.165, 1.54) is 11.8 Å². The number of aryl methyl sites for hydroxylation is 2. The molecule has 2 fully saturated rings. The molecule has 2 aromatic carbocycles. The largest absolute Gasteiger partial charge is 0.495 e. The van der Waals surface area contributed by atoms with Gasteiger partial charge in [0.15, 0.2) is 5.17 Å². The highest BCUT2D eigenvalue weighted by atomic mass is 32.2. The Morgan fingerprint density at radius 1 is 1.27 bits per heavy atom. The summed E-state index contributed by atoms with van der Waals surface area (Å²) in [7, 11) is 1.56. The van der Waals surface area contributed by atoms with Gasteiger partial charge in [0.05, 0.1) is 31.1 Å². The van der Waals surface area contributed by atoms with Crippen molar-refractivity contribution in [2.45, 2.75) is 44.5 Å². The van der Waals surface area contributed by atoms with Crippen LogP contribution in [-0.2, 0) is 14.3 Å². The van der Waals surface area contributed by atoms with Crippen LogP contribution in [0.5, 0.6) is 5.75 Å². The summed E-state index contributed by atoms with van der Waals surface area (Å²) in [4.78, 5) is 32.6. The molecule has 0 radical (unpaired) electrons. The zero-order chi connectivity index (χ0) is 23.4. The molecule has 2 heterocycles. The second-order valence-corrected chi connectivity index (χ2v) is 9.50. The van der Waals surface area contributed by atoms with Gasteiger partial charge in [-0.2, -0.15) is 0 Å². The van der Waals surface area contributed by atoms with E-state index in [1.54, 1.807) is 24.1 Å². The Bertz CT molecular complexity index is 1070. The highest BCUT2D eigenvalue weighted by molar-refractivity contribution is 8.15. The first-order valence-electron chi connectivity index (χ1n) is 11.1. The number of methoxy groups -OCH3 is 1. The molecular weight excluding hydrogens is 438 g/mol. The van der Waals surface area contributed by atoms with Crippen LogP contribution >= 0.6 is 11.8 Å². The molecule has 2 unspecified atom stereocenters. The van der Waals surface area contributed by atoms with E-state index >= 15 is 0 Å². The number of ether oxygens (including phenoxy) is 2. The predicted octanol–water partition coefficient (Wildman–Crippen LogP) is 4.45. The fourth-order valence-corrected chi connectivity index (χ4v) is 5.20. The zero-order valence-electron chi connectivity index (χ0n) is 19.2. The number of amides is 2. The van der Waals surface area contributed by atoms with Gasteiger partial charge in [-0.1, -0.05) is 41.6 Å². The molecule has 8 heteroatoms. The van der Waals surface area contributed by atoms with Gasteiger partial charge in [-0.3, -0.25) is 14.5 Å². The average Bonchev–Trinajstić information content (AvgIpc) is 3.40. The minimum atomic E-state index is -0.536. The number of benzene rings is 2. The van der Waals surface area contributed by atoms with E-state index in [-0.39, 0.29) is 24.3 Å². The number of nitrogens with zero attached hydrogens (tertiary/aromatic N) is 2. The maximum Gasteiger partial charge on any atom is 0.242 e. The molecule has 0 aliphatic carbocycles. The second-order valence-electron chi connectivity index (χ2n) is 8.33. The number of aliphatic imine (C=N–C) groups is 1. The highest BCUT2D eigenvalue weighted by Crippen LogP contribution is 2.34. The predicted molar refractivity (Wildman–Crippen MR) is 131 cm³/mol. The maximum absolute atomic E-state index is 13.3. The topological polar surface area (TPSA) is 80.2 Å². The lowest BCUT2D eigenvalue weighted by Crippen LogP contribution is -2.38. The number of hydrogen-bond donors (Lipinski definition) is 1. The lowest BCUT2D eigenvalue weighted by molar-refractivity contribution is -0.129. The normalized spacial score (nSPS) is 21.6. The molecule has 2 aliphatic heterocycles. The van der Waals surface area contributed by atoms with Crippen LogP contribution in [0.1, 0.15) is 30.4 Å². The number of hydrogen-bond acceptors (Lipinski definition) is 6. The molecular formula is C25H29N3O4S. The molecule has 2 amide bonds. The van der Waals surface area contributed by atoms with Gasteiger partial charge in [0.25, 0.3) is 0 Å². The molecule has 0 spiro atoms. The summed E-state index contributed by atoms with van der Waals surface area (Å²) in [5, 5.41) is 2.95. The van der Waals surface area contributed by atoms with Crippen LogP contribution < -0.4 is 10.1 Å². The first-order chi connectivity index (χ1) is 15.9. The summed E-state index contributed by atoms with van der Waals surface area (Å²) in [5.74, 6) is 0.234. The monoisotopic (exact) mass is 467 g/mol. The molecule has 1 N–H and O–H groups in total. The summed E-state index contributed by atoms with van der Waals surface area (Å²) in [6.45, 7) is 5.22. The van der Waals surface area contributed by atoms with Gasteiger partial charge in [-0.15, -0.1) is 0 Å². The third-order valence-electron chi connectivity index (χ3n) is 5.75. The van der Waals surface area contributed by atoms with Crippen LogP contribution in [0, 0.1) is 13.8 Å². The van der Waals surface area contributed by atoms with Crippen molar-refractivity contribution in [2.75, 3.05) is 25.6 Å². The van der Waals surface area contributed by atoms with Gasteiger partial charge in [-0.25, -0.2) is 4.99 Å². The third-order valence-corrected chi connectivity index (χ3v) is 6.93. The van der Waals surface area contributed by atoms with Gasteiger partial charge >= 0.3 is 0 Å². The van der Waals surface area contributed by atoms with Crippen molar-refractivity contribution < 1.29 is 19.1 Å². The molecule has 2 aromatic rings. The van der Waals surface area contributed by atoms with Crippen LogP contribution in [0.15, 0.2) is 47.5 Å². The van der Waals surface area contributed by atoms with Gasteiger partial charge in [0.1, 0.15) is 11.0 Å². The van der Waals surface area contributed by atoms with Crippen LogP contribution in [0.2, 0.25) is 0 Å². The minimum absolute atomic E-state index is 0.0000196. The number of nitrogens with one attached hydrogen (secondary N) is 1. The van der Waals surface area contributed by atoms with Crippen molar-refractivity contribution in [1.82, 2.24) is 4.90 Å². The van der Waals surface area contributed by atoms with Crippen molar-refractivity contribution in [1.29, 1.82) is 0 Å². The van der Waals surface area contributed by atoms with E-state index in [2.05, 4.69) is 11.4 Å². The van der Waals surface area contributed by atoms with E-state index in [9.17, 15) is 9.59 Å².